The van der Waals surface area contributed by atoms with Crippen molar-refractivity contribution in [1.29, 1.82) is 0 Å². The van der Waals surface area contributed by atoms with Crippen LogP contribution in [-0.2, 0) is 0 Å². The number of phenolic OH excluding ortho intramolecular Hbond substituents is 1. The molecule has 2 aromatic heterocycles. The second-order valence-corrected chi connectivity index (χ2v) is 12.8. The lowest BCUT2D eigenvalue weighted by Gasteiger charge is -2.34. The zero-order valence-electron chi connectivity index (χ0n) is 24.5. The molecule has 8 nitrogen and oxygen atoms in total. The Morgan fingerprint density at radius 3 is 2.73 bits per heavy atom. The van der Waals surface area contributed by atoms with E-state index in [4.69, 9.17) is 16.1 Å². The molecule has 11 heteroatoms. The van der Waals surface area contributed by atoms with Gasteiger partial charge in [0.05, 0.1) is 16.5 Å². The number of alkyl halides is 1. The monoisotopic (exact) mass is 612 g/mol. The highest BCUT2D eigenvalue weighted by molar-refractivity contribution is 6.03. The molecular formula is C34H31F3N6O2. The van der Waals surface area contributed by atoms with Crippen LogP contribution in [0.4, 0.5) is 19.0 Å². The minimum atomic E-state index is -0.966. The van der Waals surface area contributed by atoms with Crippen LogP contribution in [0, 0.1) is 24.0 Å². The number of pyridine rings is 1. The molecule has 230 valence electrons. The molecule has 0 saturated carbocycles. The molecule has 0 amide bonds. The predicted molar refractivity (Wildman–Crippen MR) is 165 cm³/mol. The van der Waals surface area contributed by atoms with Gasteiger partial charge >= 0.3 is 6.01 Å². The summed E-state index contributed by atoms with van der Waals surface area (Å²) in [5.41, 5.74) is 0.373. The van der Waals surface area contributed by atoms with Crippen molar-refractivity contribution in [1.82, 2.24) is 25.2 Å². The quantitative estimate of drug-likeness (QED) is 0.244. The Kier molecular flexibility index (Phi) is 6.45. The molecule has 0 aliphatic carbocycles. The molecule has 1 unspecified atom stereocenters. The average Bonchev–Trinajstić information content (AvgIpc) is 3.62. The van der Waals surface area contributed by atoms with Crippen LogP contribution in [-0.4, -0.2) is 81.5 Å². The molecule has 2 aromatic carbocycles. The average molecular weight is 613 g/mol. The molecule has 4 aromatic rings. The number of benzene rings is 2. The van der Waals surface area contributed by atoms with E-state index in [-0.39, 0.29) is 58.2 Å². The Labute approximate surface area is 257 Å². The summed E-state index contributed by atoms with van der Waals surface area (Å²) in [6.45, 7) is 6.53. The Balaban J connectivity index is 1.27. The van der Waals surface area contributed by atoms with Gasteiger partial charge in [0.15, 0.2) is 5.82 Å². The van der Waals surface area contributed by atoms with Gasteiger partial charge in [-0.1, -0.05) is 24.1 Å². The van der Waals surface area contributed by atoms with Crippen LogP contribution in [0.1, 0.15) is 31.2 Å². The molecule has 2 N–H and O–H groups in total. The Morgan fingerprint density at radius 2 is 1.96 bits per heavy atom. The van der Waals surface area contributed by atoms with Gasteiger partial charge in [0.2, 0.25) is 0 Å². The largest absolute Gasteiger partial charge is 0.508 e. The summed E-state index contributed by atoms with van der Waals surface area (Å²) in [6, 6.07) is 5.99. The number of anilines is 1. The summed E-state index contributed by atoms with van der Waals surface area (Å²) < 4.78 is 52.3. The number of aromatic nitrogens is 3. The van der Waals surface area contributed by atoms with Gasteiger partial charge in [0, 0.05) is 61.8 Å². The smallest absolute Gasteiger partial charge is 0.319 e. The summed E-state index contributed by atoms with van der Waals surface area (Å²) in [6.07, 6.45) is 9.21. The number of hydrogen-bond acceptors (Lipinski definition) is 8. The molecule has 4 saturated heterocycles. The van der Waals surface area contributed by atoms with Crippen LogP contribution < -0.4 is 15.0 Å². The van der Waals surface area contributed by atoms with Gasteiger partial charge in [-0.15, -0.1) is 6.42 Å². The third-order valence-corrected chi connectivity index (χ3v) is 9.77. The zero-order chi connectivity index (χ0) is 31.0. The summed E-state index contributed by atoms with van der Waals surface area (Å²) >= 11 is 0. The second kappa shape index (κ2) is 10.3. The van der Waals surface area contributed by atoms with Crippen molar-refractivity contribution < 1.29 is 23.0 Å². The van der Waals surface area contributed by atoms with Crippen molar-refractivity contribution in [3.63, 3.8) is 0 Å². The first-order valence-electron chi connectivity index (χ1n) is 15.2. The number of terminal acetylenes is 1. The van der Waals surface area contributed by atoms with Crippen molar-refractivity contribution in [3.8, 4) is 35.4 Å². The van der Waals surface area contributed by atoms with Gasteiger partial charge in [0.25, 0.3) is 0 Å². The lowest BCUT2D eigenvalue weighted by molar-refractivity contribution is 0.107. The first-order chi connectivity index (χ1) is 21.7. The lowest BCUT2D eigenvalue weighted by atomic mass is 9.93. The molecule has 4 aliphatic rings. The number of phenols is 1. The third kappa shape index (κ3) is 4.58. The third-order valence-electron chi connectivity index (χ3n) is 9.77. The van der Waals surface area contributed by atoms with Crippen LogP contribution in [0.3, 0.4) is 0 Å². The van der Waals surface area contributed by atoms with Crippen molar-refractivity contribution in [3.05, 3.63) is 59.8 Å². The van der Waals surface area contributed by atoms with Crippen molar-refractivity contribution >= 4 is 27.5 Å². The Bertz CT molecular complexity index is 1930. The van der Waals surface area contributed by atoms with E-state index < -0.39 is 23.3 Å². The zero-order valence-corrected chi connectivity index (χ0v) is 24.5. The van der Waals surface area contributed by atoms with E-state index in [2.05, 4.69) is 37.6 Å². The summed E-state index contributed by atoms with van der Waals surface area (Å²) in [7, 11) is 0. The predicted octanol–water partition coefficient (Wildman–Crippen LogP) is 4.87. The fraction of sp³-hybridized carbons (Fsp3) is 0.382. The Morgan fingerprint density at radius 1 is 1.16 bits per heavy atom. The number of hydrogen-bond donors (Lipinski definition) is 2. The molecule has 4 fully saturated rings. The number of nitrogens with zero attached hydrogens (tertiary/aromatic N) is 5. The van der Waals surface area contributed by atoms with E-state index in [0.717, 1.165) is 18.4 Å². The van der Waals surface area contributed by atoms with E-state index in [9.17, 15) is 13.9 Å². The number of rotatable bonds is 5. The van der Waals surface area contributed by atoms with Gasteiger partial charge in [-0.2, -0.15) is 9.97 Å². The van der Waals surface area contributed by atoms with E-state index in [1.807, 2.05) is 0 Å². The van der Waals surface area contributed by atoms with Crippen LogP contribution in [0.15, 0.2) is 42.6 Å². The number of ether oxygens (including phenoxy) is 1. The summed E-state index contributed by atoms with van der Waals surface area (Å²) in [5.74, 6) is 1.29. The maximum Gasteiger partial charge on any atom is 0.319 e. The SMILES string of the molecule is C#Cc1c(F)ccc2cc(O)cc(-c3ncc4c(N5C[C@H]6CC[C@@H](C5)N6)nc(OCC56CC(=C)CN5C[C@H](F)C6)nc4c3F)c12. The van der Waals surface area contributed by atoms with Gasteiger partial charge in [-0.05, 0) is 42.8 Å². The maximum absolute atomic E-state index is 16.8. The minimum Gasteiger partial charge on any atom is -0.508 e. The van der Waals surface area contributed by atoms with E-state index >= 15 is 4.39 Å². The molecular weight excluding hydrogens is 581 g/mol. The number of piperazine rings is 1. The van der Waals surface area contributed by atoms with Gasteiger partial charge < -0.3 is 20.1 Å². The van der Waals surface area contributed by atoms with E-state index in [0.29, 0.717) is 55.6 Å². The van der Waals surface area contributed by atoms with Gasteiger partial charge in [0.1, 0.15) is 41.4 Å². The summed E-state index contributed by atoms with van der Waals surface area (Å²) in [5, 5.41) is 15.2. The molecule has 4 atom stereocenters. The topological polar surface area (TPSA) is 86.6 Å². The second-order valence-electron chi connectivity index (χ2n) is 12.8. The maximum atomic E-state index is 16.8. The normalized spacial score (nSPS) is 26.1. The van der Waals surface area contributed by atoms with E-state index in [1.165, 1.54) is 30.5 Å². The van der Waals surface area contributed by atoms with Gasteiger partial charge in [-0.3, -0.25) is 9.88 Å². The van der Waals surface area contributed by atoms with E-state index in [1.54, 1.807) is 0 Å². The molecule has 0 radical (unpaired) electrons. The molecule has 45 heavy (non-hydrogen) atoms. The van der Waals surface area contributed by atoms with Crippen LogP contribution in [0.25, 0.3) is 32.9 Å². The standard InChI is InChI=1S/C34H31F3N6O2/c1-3-24-27(36)7-4-19-8-23(44)9-25(28(19)24)30-29(37)31-26(12-38-30)32(42-15-21-5-6-22(16-42)39-21)41-33(40-31)45-17-34-10-18(2)13-43(34)14-20(35)11-34/h1,4,7-9,12,20-22,39,44H,2,5-6,10-11,13-17H2/t20-,21-,22+,34?/m1/s1. The van der Waals surface area contributed by atoms with Crippen LogP contribution in [0.2, 0.25) is 0 Å². The molecule has 4 aliphatic heterocycles. The number of aromatic hydroxyl groups is 1. The lowest BCUT2D eigenvalue weighted by Crippen LogP contribution is -2.51. The van der Waals surface area contributed by atoms with Crippen LogP contribution in [0.5, 0.6) is 11.8 Å². The highest BCUT2D eigenvalue weighted by atomic mass is 19.1. The van der Waals surface area contributed by atoms with Crippen LogP contribution >= 0.6 is 0 Å². The highest BCUT2D eigenvalue weighted by Crippen LogP contribution is 2.43. The van der Waals surface area contributed by atoms with Crippen molar-refractivity contribution in [2.45, 2.75) is 49.5 Å². The minimum absolute atomic E-state index is 0.0234. The number of halogens is 3. The Hall–Kier alpha value is -4.40. The summed E-state index contributed by atoms with van der Waals surface area (Å²) in [4.78, 5) is 18.0. The highest BCUT2D eigenvalue weighted by Gasteiger charge is 2.51. The van der Waals surface area contributed by atoms with Gasteiger partial charge in [-0.25, -0.2) is 13.2 Å². The number of fused-ring (bicyclic) bond motifs is 5. The van der Waals surface area contributed by atoms with Crippen molar-refractivity contribution in [2.24, 2.45) is 0 Å². The molecule has 8 rings (SSSR count). The number of nitrogens with one attached hydrogen (secondary N) is 1. The molecule has 0 spiro atoms. The molecule has 2 bridgehead atoms. The molecule has 6 heterocycles. The van der Waals surface area contributed by atoms with Crippen molar-refractivity contribution in [2.75, 3.05) is 37.7 Å². The first kappa shape index (κ1) is 28.1. The fourth-order valence-corrected chi connectivity index (χ4v) is 7.88. The first-order valence-corrected chi connectivity index (χ1v) is 15.2. The fourth-order valence-electron chi connectivity index (χ4n) is 7.88.